The van der Waals surface area contributed by atoms with Crippen LogP contribution in [0, 0.1) is 0 Å². The molecular formula is C19H26N6O2S. The number of hydrogen-bond acceptors (Lipinski definition) is 8. The van der Waals surface area contributed by atoms with E-state index < -0.39 is 0 Å². The fourth-order valence-electron chi connectivity index (χ4n) is 3.83. The van der Waals surface area contributed by atoms with Gasteiger partial charge < -0.3 is 20.3 Å². The van der Waals surface area contributed by atoms with Gasteiger partial charge in [0.25, 0.3) is 5.56 Å². The second kappa shape index (κ2) is 7.81. The number of hydrogen-bond donors (Lipinski definition) is 3. The van der Waals surface area contributed by atoms with Crippen LogP contribution in [-0.4, -0.2) is 60.4 Å². The van der Waals surface area contributed by atoms with Crippen molar-refractivity contribution in [3.63, 3.8) is 0 Å². The van der Waals surface area contributed by atoms with Crippen molar-refractivity contribution in [1.29, 1.82) is 0 Å². The SMILES string of the molecule is O=c1[nH]c(N2CCOCC2)nc(NC2CCCNC2)c1-c1nc(C2CC2)cs1. The van der Waals surface area contributed by atoms with Crippen molar-refractivity contribution < 1.29 is 4.74 Å². The lowest BCUT2D eigenvalue weighted by atomic mass is 10.1. The number of nitrogens with zero attached hydrogens (tertiary/aromatic N) is 3. The van der Waals surface area contributed by atoms with E-state index in [0.717, 1.165) is 49.7 Å². The van der Waals surface area contributed by atoms with Crippen LogP contribution < -0.4 is 21.1 Å². The predicted molar refractivity (Wildman–Crippen MR) is 110 cm³/mol. The smallest absolute Gasteiger partial charge is 0.264 e. The van der Waals surface area contributed by atoms with Crippen molar-refractivity contribution >= 4 is 23.1 Å². The summed E-state index contributed by atoms with van der Waals surface area (Å²) in [6, 6.07) is 0.266. The molecule has 2 aliphatic heterocycles. The third-order valence-electron chi connectivity index (χ3n) is 5.59. The van der Waals surface area contributed by atoms with Crippen molar-refractivity contribution in [3.05, 3.63) is 21.4 Å². The number of H-pyrrole nitrogens is 1. The van der Waals surface area contributed by atoms with E-state index in [-0.39, 0.29) is 11.6 Å². The monoisotopic (exact) mass is 402 g/mol. The van der Waals surface area contributed by atoms with Crippen molar-refractivity contribution in [3.8, 4) is 10.6 Å². The van der Waals surface area contributed by atoms with Gasteiger partial charge in [-0.15, -0.1) is 11.3 Å². The third kappa shape index (κ3) is 3.78. The largest absolute Gasteiger partial charge is 0.378 e. The average molecular weight is 403 g/mol. The first kappa shape index (κ1) is 18.1. The van der Waals surface area contributed by atoms with Crippen LogP contribution in [0.1, 0.15) is 37.3 Å². The Balaban J connectivity index is 1.51. The Morgan fingerprint density at radius 1 is 1.21 bits per heavy atom. The molecule has 2 aromatic heterocycles. The molecule has 1 unspecified atom stereocenters. The van der Waals surface area contributed by atoms with Crippen LogP contribution in [-0.2, 0) is 4.74 Å². The van der Waals surface area contributed by atoms with E-state index in [1.807, 2.05) is 0 Å². The molecule has 0 amide bonds. The number of aromatic nitrogens is 3. The van der Waals surface area contributed by atoms with Crippen molar-refractivity contribution in [2.45, 2.75) is 37.6 Å². The van der Waals surface area contributed by atoms with Crippen LogP contribution in [0.2, 0.25) is 0 Å². The van der Waals surface area contributed by atoms with Gasteiger partial charge in [-0.25, -0.2) is 4.98 Å². The molecule has 3 fully saturated rings. The summed E-state index contributed by atoms with van der Waals surface area (Å²) < 4.78 is 5.43. The highest BCUT2D eigenvalue weighted by Gasteiger charge is 2.28. The molecule has 9 heteroatoms. The summed E-state index contributed by atoms with van der Waals surface area (Å²) in [4.78, 5) is 27.8. The van der Waals surface area contributed by atoms with Crippen molar-refractivity contribution in [1.82, 2.24) is 20.3 Å². The van der Waals surface area contributed by atoms with Crippen LogP contribution in [0.4, 0.5) is 11.8 Å². The maximum atomic E-state index is 13.1. The van der Waals surface area contributed by atoms with Gasteiger partial charge in [-0.1, -0.05) is 0 Å². The number of rotatable bonds is 5. The van der Waals surface area contributed by atoms with E-state index >= 15 is 0 Å². The lowest BCUT2D eigenvalue weighted by molar-refractivity contribution is 0.122. The van der Waals surface area contributed by atoms with Gasteiger partial charge in [-0.2, -0.15) is 4.98 Å². The highest BCUT2D eigenvalue weighted by atomic mass is 32.1. The minimum Gasteiger partial charge on any atom is -0.378 e. The second-order valence-corrected chi connectivity index (χ2v) is 8.61. The third-order valence-corrected chi connectivity index (χ3v) is 6.46. The summed E-state index contributed by atoms with van der Waals surface area (Å²) in [6.45, 7) is 4.69. The highest BCUT2D eigenvalue weighted by molar-refractivity contribution is 7.13. The Kier molecular flexibility index (Phi) is 5.04. The van der Waals surface area contributed by atoms with Gasteiger partial charge >= 0.3 is 0 Å². The summed E-state index contributed by atoms with van der Waals surface area (Å²) in [6.07, 6.45) is 4.59. The van der Waals surface area contributed by atoms with Crippen LogP contribution in [0.25, 0.3) is 10.6 Å². The Morgan fingerprint density at radius 2 is 2.07 bits per heavy atom. The fraction of sp³-hybridized carbons (Fsp3) is 0.632. The van der Waals surface area contributed by atoms with Gasteiger partial charge in [-0.05, 0) is 32.2 Å². The molecule has 0 radical (unpaired) electrons. The van der Waals surface area contributed by atoms with Gasteiger partial charge in [0, 0.05) is 37.0 Å². The number of morpholine rings is 1. The molecule has 28 heavy (non-hydrogen) atoms. The maximum absolute atomic E-state index is 13.1. The second-order valence-electron chi connectivity index (χ2n) is 7.75. The molecule has 1 saturated carbocycles. The molecule has 0 spiro atoms. The summed E-state index contributed by atoms with van der Waals surface area (Å²) in [5.74, 6) is 1.83. The topological polar surface area (TPSA) is 95.2 Å². The van der Waals surface area contributed by atoms with Crippen LogP contribution in [0.15, 0.2) is 10.2 Å². The van der Waals surface area contributed by atoms with Crippen molar-refractivity contribution in [2.75, 3.05) is 49.6 Å². The highest BCUT2D eigenvalue weighted by Crippen LogP contribution is 2.41. The average Bonchev–Trinajstić information content (AvgIpc) is 3.47. The Morgan fingerprint density at radius 3 is 2.82 bits per heavy atom. The van der Waals surface area contributed by atoms with E-state index in [9.17, 15) is 4.79 Å². The zero-order valence-corrected chi connectivity index (χ0v) is 16.7. The molecule has 2 saturated heterocycles. The molecule has 150 valence electrons. The molecule has 0 bridgehead atoms. The minimum atomic E-state index is -0.126. The predicted octanol–water partition coefficient (Wildman–Crippen LogP) is 1.77. The lowest BCUT2D eigenvalue weighted by Crippen LogP contribution is -2.40. The molecule has 3 aliphatic rings. The van der Waals surface area contributed by atoms with E-state index in [0.29, 0.717) is 36.5 Å². The molecule has 4 heterocycles. The normalized spacial score (nSPS) is 23.0. The zero-order valence-electron chi connectivity index (χ0n) is 15.9. The van der Waals surface area contributed by atoms with E-state index in [1.54, 1.807) is 11.3 Å². The number of thiazole rings is 1. The first-order valence-corrected chi connectivity index (χ1v) is 11.1. The van der Waals surface area contributed by atoms with Gasteiger partial charge in [0.05, 0.1) is 18.9 Å². The molecule has 1 atom stereocenters. The molecule has 5 rings (SSSR count). The first-order valence-electron chi connectivity index (χ1n) is 10.2. The van der Waals surface area contributed by atoms with E-state index in [4.69, 9.17) is 14.7 Å². The number of piperidine rings is 1. The van der Waals surface area contributed by atoms with Gasteiger partial charge in [-0.3, -0.25) is 9.78 Å². The fourth-order valence-corrected chi connectivity index (χ4v) is 4.77. The summed E-state index contributed by atoms with van der Waals surface area (Å²) in [5, 5.41) is 9.81. The van der Waals surface area contributed by atoms with Crippen LogP contribution >= 0.6 is 11.3 Å². The number of anilines is 2. The van der Waals surface area contributed by atoms with Crippen molar-refractivity contribution in [2.24, 2.45) is 0 Å². The van der Waals surface area contributed by atoms with Gasteiger partial charge in [0.15, 0.2) is 0 Å². The summed E-state index contributed by atoms with van der Waals surface area (Å²) in [7, 11) is 0. The summed E-state index contributed by atoms with van der Waals surface area (Å²) >= 11 is 1.54. The van der Waals surface area contributed by atoms with E-state index in [2.05, 4.69) is 25.9 Å². The standard InChI is InChI=1S/C19H26N6O2S/c26-17-15(18-22-14(11-28-18)12-3-4-12)16(21-13-2-1-5-20-10-13)23-19(24-17)25-6-8-27-9-7-25/h11-13,20H,1-10H2,(H2,21,23,24,26). The molecule has 1 aliphatic carbocycles. The summed E-state index contributed by atoms with van der Waals surface area (Å²) in [5.41, 5.74) is 1.56. The number of ether oxygens (including phenoxy) is 1. The molecule has 8 nitrogen and oxygen atoms in total. The van der Waals surface area contributed by atoms with Crippen LogP contribution in [0.5, 0.6) is 0 Å². The number of aromatic amines is 1. The molecular weight excluding hydrogens is 376 g/mol. The molecule has 0 aromatic carbocycles. The molecule has 3 N–H and O–H groups in total. The number of nitrogens with one attached hydrogen (secondary N) is 3. The maximum Gasteiger partial charge on any atom is 0.264 e. The van der Waals surface area contributed by atoms with Gasteiger partial charge in [0.2, 0.25) is 5.95 Å². The van der Waals surface area contributed by atoms with Gasteiger partial charge in [0.1, 0.15) is 16.4 Å². The molecule has 2 aromatic rings. The zero-order chi connectivity index (χ0) is 18.9. The Hall–Kier alpha value is -1.97. The quantitative estimate of drug-likeness (QED) is 0.702. The minimum absolute atomic E-state index is 0.126. The Labute approximate surface area is 167 Å². The van der Waals surface area contributed by atoms with E-state index in [1.165, 1.54) is 12.8 Å². The lowest BCUT2D eigenvalue weighted by Gasteiger charge is -2.29. The van der Waals surface area contributed by atoms with Crippen LogP contribution in [0.3, 0.4) is 0 Å². The Bertz CT molecular complexity index is 881. The first-order chi connectivity index (χ1) is 13.8.